The number of piperidine rings is 1. The second-order valence-corrected chi connectivity index (χ2v) is 20.3. The zero-order valence-corrected chi connectivity index (χ0v) is 45.2. The number of alkyl halides is 6. The first-order valence-electron chi connectivity index (χ1n) is 21.9. The molecular weight excluding hydrogens is 1190 g/mol. The molecule has 0 atom stereocenters. The van der Waals surface area contributed by atoms with Gasteiger partial charge in [0.15, 0.2) is 11.3 Å². The Kier molecular flexibility index (Phi) is 15.7. The van der Waals surface area contributed by atoms with E-state index in [1.165, 1.54) is 0 Å². The molecule has 12 nitrogen and oxygen atoms in total. The molecule has 6 heterocycles. The summed E-state index contributed by atoms with van der Waals surface area (Å²) < 4.78 is 89.9. The number of nitrogens with zero attached hydrogens (tertiary/aromatic N) is 8. The number of aliphatic carboxylic acids is 1. The van der Waals surface area contributed by atoms with Gasteiger partial charge in [-0.15, -0.1) is 0 Å². The summed E-state index contributed by atoms with van der Waals surface area (Å²) in [6.07, 6.45) is -3.39. The van der Waals surface area contributed by atoms with Gasteiger partial charge in [0.1, 0.15) is 23.3 Å². The quantitative estimate of drug-likeness (QED) is 0.0680. The zero-order chi connectivity index (χ0) is 51.3. The van der Waals surface area contributed by atoms with Gasteiger partial charge in [-0.3, -0.25) is 13.9 Å². The predicted molar refractivity (Wildman–Crippen MR) is 270 cm³/mol. The van der Waals surface area contributed by atoms with Crippen LogP contribution in [0.2, 0.25) is 0 Å². The minimum absolute atomic E-state index is 0.0243. The molecule has 0 radical (unpaired) electrons. The van der Waals surface area contributed by atoms with Gasteiger partial charge in [0, 0.05) is 61.5 Å². The van der Waals surface area contributed by atoms with E-state index in [-0.39, 0.29) is 21.3 Å². The number of hydrogen-bond donors (Lipinski definition) is 1. The van der Waals surface area contributed by atoms with Crippen LogP contribution >= 0.6 is 63.7 Å². The van der Waals surface area contributed by atoms with Crippen LogP contribution in [-0.4, -0.2) is 78.9 Å². The van der Waals surface area contributed by atoms with E-state index in [4.69, 9.17) is 24.8 Å². The van der Waals surface area contributed by atoms with Crippen molar-refractivity contribution < 1.29 is 45.8 Å². The Labute approximate surface area is 432 Å². The second kappa shape index (κ2) is 20.7. The smallest absolute Gasteiger partial charge is 0.416 e. The maximum Gasteiger partial charge on any atom is 0.416 e. The molecule has 6 aromatic rings. The third-order valence-electron chi connectivity index (χ3n) is 12.3. The van der Waals surface area contributed by atoms with Crippen molar-refractivity contribution >= 4 is 109 Å². The van der Waals surface area contributed by atoms with Crippen molar-refractivity contribution in [3.8, 4) is 11.4 Å². The molecule has 2 aliphatic rings. The number of aryl methyl sites for hydroxylation is 4. The molecule has 70 heavy (non-hydrogen) atoms. The Hall–Kier alpha value is -4.80. The molecule has 1 saturated heterocycles. The molecule has 2 aromatic carbocycles. The number of hydrogen-bond acceptors (Lipinski definition) is 9. The monoisotopic (exact) mass is 1230 g/mol. The van der Waals surface area contributed by atoms with Gasteiger partial charge >= 0.3 is 24.3 Å². The van der Waals surface area contributed by atoms with Crippen molar-refractivity contribution in [3.05, 3.63) is 111 Å². The van der Waals surface area contributed by atoms with Crippen molar-refractivity contribution in [2.24, 2.45) is 0 Å². The predicted octanol–water partition coefficient (Wildman–Crippen LogP) is 13.5. The summed E-state index contributed by atoms with van der Waals surface area (Å²) in [5.74, 6) is 1.43. The third kappa shape index (κ3) is 10.8. The van der Waals surface area contributed by atoms with Gasteiger partial charge in [-0.25, -0.2) is 24.7 Å². The normalized spacial score (nSPS) is 14.5. The molecule has 1 N–H and O–H groups in total. The molecule has 0 amide bonds. The fourth-order valence-electron chi connectivity index (χ4n) is 8.75. The summed E-state index contributed by atoms with van der Waals surface area (Å²) >= 11 is 13.4. The molecule has 0 bridgehead atoms. The van der Waals surface area contributed by atoms with Gasteiger partial charge in [-0.2, -0.15) is 26.3 Å². The van der Waals surface area contributed by atoms with E-state index in [1.807, 2.05) is 42.9 Å². The highest BCUT2D eigenvalue weighted by molar-refractivity contribution is 9.11. The summed E-state index contributed by atoms with van der Waals surface area (Å²) in [4.78, 5) is 45.9. The number of carboxylic acid groups (broad SMARTS) is 1. The van der Waals surface area contributed by atoms with Crippen LogP contribution in [0.5, 0.6) is 0 Å². The van der Waals surface area contributed by atoms with Crippen LogP contribution < -0.4 is 9.80 Å². The molecule has 372 valence electrons. The van der Waals surface area contributed by atoms with E-state index in [1.54, 1.807) is 26.8 Å². The number of carboxylic acids is 1. The number of carbonyl (C=O) groups excluding carboxylic acids is 1. The Morgan fingerprint density at radius 3 is 1.46 bits per heavy atom. The molecule has 0 saturated carbocycles. The van der Waals surface area contributed by atoms with Crippen LogP contribution in [0.4, 0.5) is 38.0 Å². The molecule has 22 heteroatoms. The lowest BCUT2D eigenvalue weighted by Crippen LogP contribution is -2.32. The number of anilines is 2. The molecule has 0 aliphatic carbocycles. The number of esters is 1. The third-order valence-corrected chi connectivity index (χ3v) is 14.7. The number of rotatable bonds is 8. The van der Waals surface area contributed by atoms with Crippen LogP contribution in [0.3, 0.4) is 0 Å². The van der Waals surface area contributed by atoms with Gasteiger partial charge in [-0.05, 0) is 167 Å². The lowest BCUT2D eigenvalue weighted by molar-refractivity contribution is -0.138. The number of carbonyl (C=O) groups is 2. The standard InChI is InChI=1S/C25H25Br2F3N4O2.C23H21Br2F3N4O2/c1-5-36-20(35)10-16-6-8-33(9-7-16)23-21-13(2)14(3)34(24(21)32-15(4)31-23)22-18(26)11-17(12-19(22)27)25(28,29)30;1-11-12(2)32(20-16(24)9-15(10-17(20)25)23(26,27)28)22-19(11)21(29-13(3)30-22)31-6-4-14(5-7-31)8-18(33)34/h10-12H,5-9H2,1-4H3;4,9-10H,5-8H2,1-3H3,(H,33,34). The molecular formula is C48H46Br4F6N8O4. The second-order valence-electron chi connectivity index (χ2n) is 16.9. The summed E-state index contributed by atoms with van der Waals surface area (Å²) in [5.41, 5.74) is 6.26. The summed E-state index contributed by atoms with van der Waals surface area (Å²) in [6.45, 7) is 15.9. The first-order valence-corrected chi connectivity index (χ1v) is 25.1. The average molecular weight is 1230 g/mol. The largest absolute Gasteiger partial charge is 0.481 e. The van der Waals surface area contributed by atoms with Gasteiger partial charge in [-0.1, -0.05) is 17.2 Å². The van der Waals surface area contributed by atoms with E-state index in [0.29, 0.717) is 95.3 Å². The average Bonchev–Trinajstić information content (AvgIpc) is 3.65. The lowest BCUT2D eigenvalue weighted by atomic mass is 10.0. The van der Waals surface area contributed by atoms with Gasteiger partial charge < -0.3 is 19.6 Å². The number of fused-ring (bicyclic) bond motifs is 2. The van der Waals surface area contributed by atoms with Gasteiger partial charge in [0.2, 0.25) is 0 Å². The molecule has 4 aromatic heterocycles. The van der Waals surface area contributed by atoms with Crippen molar-refractivity contribution in [3.63, 3.8) is 0 Å². The Morgan fingerprint density at radius 1 is 0.671 bits per heavy atom. The number of benzene rings is 2. The summed E-state index contributed by atoms with van der Waals surface area (Å²) in [6, 6.07) is 4.29. The van der Waals surface area contributed by atoms with Crippen LogP contribution in [0.15, 0.2) is 65.5 Å². The zero-order valence-electron chi connectivity index (χ0n) is 38.9. The van der Waals surface area contributed by atoms with Crippen molar-refractivity contribution in [1.82, 2.24) is 29.1 Å². The number of aromatic nitrogens is 6. The Morgan fingerprint density at radius 2 is 1.09 bits per heavy atom. The van der Waals surface area contributed by atoms with E-state index in [9.17, 15) is 35.9 Å². The number of ether oxygens (including phenoxy) is 1. The summed E-state index contributed by atoms with van der Waals surface area (Å²) in [7, 11) is 0. The van der Waals surface area contributed by atoms with E-state index < -0.39 is 29.4 Å². The Bertz CT molecular complexity index is 3090. The summed E-state index contributed by atoms with van der Waals surface area (Å²) in [5, 5.41) is 10.7. The van der Waals surface area contributed by atoms with Gasteiger partial charge in [0.25, 0.3) is 0 Å². The molecule has 2 aliphatic heterocycles. The molecule has 8 rings (SSSR count). The van der Waals surface area contributed by atoms with Gasteiger partial charge in [0.05, 0.1) is 46.3 Å². The van der Waals surface area contributed by atoms with Crippen molar-refractivity contribution in [1.29, 1.82) is 0 Å². The molecule has 1 fully saturated rings. The minimum atomic E-state index is -4.47. The van der Waals surface area contributed by atoms with Crippen LogP contribution in [0, 0.1) is 41.5 Å². The van der Waals surface area contributed by atoms with E-state index >= 15 is 0 Å². The molecule has 0 unspecified atom stereocenters. The Balaban J connectivity index is 0.000000207. The first-order chi connectivity index (χ1) is 32.8. The van der Waals surface area contributed by atoms with Crippen molar-refractivity contribution in [2.45, 2.75) is 86.5 Å². The minimum Gasteiger partial charge on any atom is -0.481 e. The maximum atomic E-state index is 13.4. The van der Waals surface area contributed by atoms with E-state index in [2.05, 4.69) is 78.5 Å². The first kappa shape index (κ1) is 53.0. The van der Waals surface area contributed by atoms with E-state index in [0.717, 1.165) is 80.3 Å². The highest BCUT2D eigenvalue weighted by Crippen LogP contribution is 2.44. The fourth-order valence-corrected chi connectivity index (χ4v) is 11.8. The topological polar surface area (TPSA) is 132 Å². The molecule has 0 spiro atoms. The SMILES string of the molecule is CCOC(=O)C=C1CCN(c2nc(C)nc3c2c(C)c(C)n3-c2c(Br)cc(C(F)(F)F)cc2Br)CC1.Cc1nc(N2CC=C(CC(=O)O)CC2)c2c(C)c(C)n(-c3c(Br)cc(C(F)(F)F)cc3Br)c2n1. The van der Waals surface area contributed by atoms with Crippen LogP contribution in [-0.2, 0) is 26.7 Å². The maximum absolute atomic E-state index is 13.4. The fraction of sp³-hybridized carbons (Fsp3) is 0.375. The highest BCUT2D eigenvalue weighted by atomic mass is 79.9. The highest BCUT2D eigenvalue weighted by Gasteiger charge is 2.35. The lowest BCUT2D eigenvalue weighted by Gasteiger charge is -2.30. The number of halogens is 10. The van der Waals surface area contributed by atoms with Crippen LogP contribution in [0.25, 0.3) is 33.4 Å². The van der Waals surface area contributed by atoms with Crippen LogP contribution in [0.1, 0.15) is 77.9 Å². The van der Waals surface area contributed by atoms with Crippen molar-refractivity contribution in [2.75, 3.05) is 42.6 Å².